The fourth-order valence-electron chi connectivity index (χ4n) is 3.45. The zero-order valence-electron chi connectivity index (χ0n) is 17.7. The summed E-state index contributed by atoms with van der Waals surface area (Å²) < 4.78 is 11.0. The van der Waals surface area contributed by atoms with Crippen molar-refractivity contribution in [3.63, 3.8) is 0 Å². The highest BCUT2D eigenvalue weighted by molar-refractivity contribution is 6.32. The minimum Gasteiger partial charge on any atom is -0.493 e. The molecule has 1 aliphatic rings. The first-order valence-electron chi connectivity index (χ1n) is 10.4. The summed E-state index contributed by atoms with van der Waals surface area (Å²) in [5, 5.41) is 7.48. The number of likely N-dealkylation sites (tertiary alicyclic amines) is 1. The second kappa shape index (κ2) is 12.0. The number of hydrogen-bond acceptors (Lipinski definition) is 4. The van der Waals surface area contributed by atoms with Crippen LogP contribution >= 0.6 is 11.6 Å². The average Bonchev–Trinajstić information content (AvgIpc) is 2.69. The normalized spacial score (nSPS) is 16.1. The van der Waals surface area contributed by atoms with Crippen LogP contribution in [0.25, 0.3) is 0 Å². The van der Waals surface area contributed by atoms with Crippen molar-refractivity contribution >= 4 is 17.6 Å². The zero-order chi connectivity index (χ0) is 20.4. The molecule has 1 aromatic carbocycles. The van der Waals surface area contributed by atoms with Crippen LogP contribution in [0.4, 0.5) is 0 Å². The lowest BCUT2D eigenvalue weighted by molar-refractivity contribution is 0.206. The Bertz CT molecular complexity index is 631. The number of guanidine groups is 1. The Morgan fingerprint density at radius 2 is 2.00 bits per heavy atom. The van der Waals surface area contributed by atoms with E-state index < -0.39 is 0 Å². The number of nitrogens with one attached hydrogen (secondary N) is 2. The van der Waals surface area contributed by atoms with Gasteiger partial charge in [0.15, 0.2) is 17.5 Å². The maximum atomic E-state index is 6.37. The van der Waals surface area contributed by atoms with E-state index >= 15 is 0 Å². The molecule has 1 aliphatic heterocycles. The molecule has 158 valence electrons. The molecule has 0 atom stereocenters. The molecule has 0 aliphatic carbocycles. The first-order valence-corrected chi connectivity index (χ1v) is 10.7. The molecule has 0 aromatic heterocycles. The third-order valence-electron chi connectivity index (χ3n) is 4.81. The van der Waals surface area contributed by atoms with Gasteiger partial charge in [-0.05, 0) is 57.4 Å². The highest BCUT2D eigenvalue weighted by Crippen LogP contribution is 2.36. The number of halogens is 1. The summed E-state index contributed by atoms with van der Waals surface area (Å²) in [7, 11) is 1.62. The number of nitrogens with zero attached hydrogens (tertiary/aromatic N) is 2. The summed E-state index contributed by atoms with van der Waals surface area (Å²) >= 11 is 6.37. The van der Waals surface area contributed by atoms with Gasteiger partial charge in [0.2, 0.25) is 0 Å². The van der Waals surface area contributed by atoms with E-state index in [9.17, 15) is 0 Å². The average molecular weight is 411 g/mol. The topological polar surface area (TPSA) is 58.1 Å². The van der Waals surface area contributed by atoms with Crippen LogP contribution in [0.3, 0.4) is 0 Å². The molecule has 2 rings (SSSR count). The molecule has 7 heteroatoms. The van der Waals surface area contributed by atoms with Crippen molar-refractivity contribution in [1.82, 2.24) is 15.5 Å². The molecule has 0 amide bonds. The highest BCUT2D eigenvalue weighted by Gasteiger charge is 2.19. The largest absolute Gasteiger partial charge is 0.493 e. The van der Waals surface area contributed by atoms with E-state index in [1.807, 2.05) is 19.1 Å². The summed E-state index contributed by atoms with van der Waals surface area (Å²) in [6, 6.07) is 4.29. The molecule has 0 unspecified atom stereocenters. The maximum Gasteiger partial charge on any atom is 0.191 e. The molecule has 0 spiro atoms. The van der Waals surface area contributed by atoms with E-state index in [0.717, 1.165) is 44.0 Å². The van der Waals surface area contributed by atoms with Crippen LogP contribution in [-0.2, 0) is 6.54 Å². The van der Waals surface area contributed by atoms with Crippen LogP contribution in [0.5, 0.6) is 11.5 Å². The second-order valence-corrected chi connectivity index (χ2v) is 7.40. The molecule has 2 N–H and O–H groups in total. The fourth-order valence-corrected chi connectivity index (χ4v) is 3.74. The standard InChI is InChI=1S/C21H35ClN4O2/c1-5-10-26-11-8-17(9-12-26)25-21(23-6-2)24-15-16-13-18(22)20(28-7-3)19(14-16)27-4/h13-14,17H,5-12,15H2,1-4H3,(H2,23,24,25). The lowest BCUT2D eigenvalue weighted by Crippen LogP contribution is -2.48. The van der Waals surface area contributed by atoms with Crippen molar-refractivity contribution in [2.45, 2.75) is 52.6 Å². The Morgan fingerprint density at radius 3 is 2.61 bits per heavy atom. The van der Waals surface area contributed by atoms with Gasteiger partial charge in [-0.2, -0.15) is 0 Å². The van der Waals surface area contributed by atoms with Gasteiger partial charge in [0.25, 0.3) is 0 Å². The summed E-state index contributed by atoms with van der Waals surface area (Å²) in [4.78, 5) is 7.29. The van der Waals surface area contributed by atoms with Crippen molar-refractivity contribution in [3.8, 4) is 11.5 Å². The quantitative estimate of drug-likeness (QED) is 0.480. The Labute approximate surface area is 174 Å². The lowest BCUT2D eigenvalue weighted by Gasteiger charge is -2.32. The predicted octanol–water partition coefficient (Wildman–Crippen LogP) is 3.68. The smallest absolute Gasteiger partial charge is 0.191 e. The number of ether oxygens (including phenoxy) is 2. The van der Waals surface area contributed by atoms with Gasteiger partial charge in [-0.25, -0.2) is 4.99 Å². The van der Waals surface area contributed by atoms with E-state index in [4.69, 9.17) is 26.1 Å². The highest BCUT2D eigenvalue weighted by atomic mass is 35.5. The van der Waals surface area contributed by atoms with Gasteiger partial charge in [0.1, 0.15) is 0 Å². The molecule has 28 heavy (non-hydrogen) atoms. The molecule has 0 radical (unpaired) electrons. The van der Waals surface area contributed by atoms with Crippen molar-refractivity contribution < 1.29 is 9.47 Å². The molecule has 1 aromatic rings. The Hall–Kier alpha value is -1.66. The van der Waals surface area contributed by atoms with Gasteiger partial charge in [0, 0.05) is 25.7 Å². The summed E-state index contributed by atoms with van der Waals surface area (Å²) in [5.74, 6) is 2.07. The van der Waals surface area contributed by atoms with Crippen LogP contribution < -0.4 is 20.1 Å². The van der Waals surface area contributed by atoms with Crippen molar-refractivity contribution in [3.05, 3.63) is 22.7 Å². The van der Waals surface area contributed by atoms with E-state index in [1.165, 1.54) is 13.0 Å². The number of piperidine rings is 1. The summed E-state index contributed by atoms with van der Waals surface area (Å²) in [5.41, 5.74) is 0.986. The SMILES string of the molecule is CCCN1CCC(NC(=NCc2cc(Cl)c(OCC)c(OC)c2)NCC)CC1. The Kier molecular flexibility index (Phi) is 9.71. The van der Waals surface area contributed by atoms with Gasteiger partial charge < -0.3 is 25.0 Å². The minimum absolute atomic E-state index is 0.462. The van der Waals surface area contributed by atoms with E-state index in [0.29, 0.717) is 35.7 Å². The lowest BCUT2D eigenvalue weighted by atomic mass is 10.1. The Balaban J connectivity index is 2.01. The fraction of sp³-hybridized carbons (Fsp3) is 0.667. The number of rotatable bonds is 9. The number of aliphatic imine (C=N–C) groups is 1. The molecular weight excluding hydrogens is 376 g/mol. The van der Waals surface area contributed by atoms with Gasteiger partial charge >= 0.3 is 0 Å². The monoisotopic (exact) mass is 410 g/mol. The number of benzene rings is 1. The maximum absolute atomic E-state index is 6.37. The molecule has 1 fully saturated rings. The van der Waals surface area contributed by atoms with Crippen molar-refractivity contribution in [2.75, 3.05) is 39.9 Å². The van der Waals surface area contributed by atoms with Crippen LogP contribution in [0.15, 0.2) is 17.1 Å². The van der Waals surface area contributed by atoms with Gasteiger partial charge in [-0.3, -0.25) is 0 Å². The summed E-state index contributed by atoms with van der Waals surface area (Å²) in [6.07, 6.45) is 3.51. The first kappa shape index (κ1) is 22.6. The molecule has 0 saturated carbocycles. The molecule has 0 bridgehead atoms. The van der Waals surface area contributed by atoms with Crippen LogP contribution in [0.2, 0.25) is 5.02 Å². The molecular formula is C21H35ClN4O2. The van der Waals surface area contributed by atoms with E-state index in [2.05, 4.69) is 29.4 Å². The van der Waals surface area contributed by atoms with Gasteiger partial charge in [-0.1, -0.05) is 18.5 Å². The van der Waals surface area contributed by atoms with Crippen molar-refractivity contribution in [1.29, 1.82) is 0 Å². The summed E-state index contributed by atoms with van der Waals surface area (Å²) in [6.45, 7) is 11.6. The first-order chi connectivity index (χ1) is 13.6. The van der Waals surface area contributed by atoms with Crippen LogP contribution in [0.1, 0.15) is 45.6 Å². The van der Waals surface area contributed by atoms with Gasteiger partial charge in [-0.15, -0.1) is 0 Å². The van der Waals surface area contributed by atoms with Crippen molar-refractivity contribution in [2.24, 2.45) is 4.99 Å². The predicted molar refractivity (Wildman–Crippen MR) is 117 cm³/mol. The third kappa shape index (κ3) is 6.74. The molecule has 1 heterocycles. The third-order valence-corrected chi connectivity index (χ3v) is 5.09. The van der Waals surface area contributed by atoms with Gasteiger partial charge in [0.05, 0.1) is 25.3 Å². The minimum atomic E-state index is 0.462. The Morgan fingerprint density at radius 1 is 1.25 bits per heavy atom. The molecule has 1 saturated heterocycles. The number of hydrogen-bond donors (Lipinski definition) is 2. The van der Waals surface area contributed by atoms with Crippen LogP contribution in [0, 0.1) is 0 Å². The van der Waals surface area contributed by atoms with Crippen LogP contribution in [-0.4, -0.2) is 56.8 Å². The number of methoxy groups -OCH3 is 1. The van der Waals surface area contributed by atoms with E-state index in [1.54, 1.807) is 7.11 Å². The second-order valence-electron chi connectivity index (χ2n) is 7.00. The molecule has 6 nitrogen and oxygen atoms in total. The zero-order valence-corrected chi connectivity index (χ0v) is 18.4. The van der Waals surface area contributed by atoms with E-state index in [-0.39, 0.29) is 0 Å².